The molecule has 1 nitrogen and oxygen atoms in total. The van der Waals surface area contributed by atoms with E-state index >= 15 is 0 Å². The van der Waals surface area contributed by atoms with E-state index in [1.807, 2.05) is 6.07 Å². The molecule has 0 aliphatic heterocycles. The first-order valence-corrected chi connectivity index (χ1v) is 4.29. The van der Waals surface area contributed by atoms with Crippen LogP contribution < -0.4 is 0 Å². The van der Waals surface area contributed by atoms with Gasteiger partial charge in [0.25, 0.3) is 0 Å². The number of hydrogen-bond donors (Lipinski definition) is 0. The fourth-order valence-corrected chi connectivity index (χ4v) is 1.80. The van der Waals surface area contributed by atoms with E-state index in [0.717, 1.165) is 5.92 Å². The van der Waals surface area contributed by atoms with Crippen molar-refractivity contribution in [2.24, 2.45) is 0 Å². The summed E-state index contributed by atoms with van der Waals surface area (Å²) in [6.07, 6.45) is 10.3. The number of pyridine rings is 1. The highest BCUT2D eigenvalue weighted by atomic mass is 14.6. The van der Waals surface area contributed by atoms with E-state index in [1.165, 1.54) is 31.2 Å². The number of nitrogens with zero attached hydrogens (tertiary/aromatic N) is 1. The Morgan fingerprint density at radius 2 is 2.18 bits per heavy atom. The van der Waals surface area contributed by atoms with Crippen molar-refractivity contribution in [1.29, 1.82) is 0 Å². The molecule has 1 radical (unpaired) electrons. The van der Waals surface area contributed by atoms with Crippen molar-refractivity contribution in [2.75, 3.05) is 0 Å². The maximum atomic E-state index is 4.00. The molecule has 1 aromatic heterocycles. The van der Waals surface area contributed by atoms with Crippen LogP contribution in [0.1, 0.15) is 37.2 Å². The van der Waals surface area contributed by atoms with E-state index in [-0.39, 0.29) is 0 Å². The molecular weight excluding hydrogens is 134 g/mol. The fraction of sp³-hybridized carbons (Fsp3) is 0.500. The Bertz CT molecular complexity index is 212. The monoisotopic (exact) mass is 146 g/mol. The van der Waals surface area contributed by atoms with E-state index in [4.69, 9.17) is 0 Å². The summed E-state index contributed by atoms with van der Waals surface area (Å²) in [5.74, 6) is 0.753. The van der Waals surface area contributed by atoms with Crippen LogP contribution in [0.5, 0.6) is 0 Å². The molecule has 1 aliphatic rings. The highest BCUT2D eigenvalue weighted by Gasteiger charge is 2.16. The molecule has 1 aromatic rings. The van der Waals surface area contributed by atoms with E-state index < -0.39 is 0 Å². The van der Waals surface area contributed by atoms with Crippen molar-refractivity contribution < 1.29 is 0 Å². The predicted octanol–water partition coefficient (Wildman–Crippen LogP) is 2.54. The molecule has 57 valence electrons. The summed E-state index contributed by atoms with van der Waals surface area (Å²) in [6, 6.07) is 4.15. The lowest BCUT2D eigenvalue weighted by Gasteiger charge is -2.06. The maximum absolute atomic E-state index is 4.00. The summed E-state index contributed by atoms with van der Waals surface area (Å²) in [5.41, 5.74) is 1.31. The average Bonchev–Trinajstić information content (AvgIpc) is 2.58. The molecule has 0 amide bonds. The second-order valence-electron chi connectivity index (χ2n) is 3.19. The summed E-state index contributed by atoms with van der Waals surface area (Å²) in [7, 11) is 0. The molecule has 1 aliphatic carbocycles. The zero-order valence-electron chi connectivity index (χ0n) is 6.59. The van der Waals surface area contributed by atoms with Crippen molar-refractivity contribution in [3.8, 4) is 0 Å². The van der Waals surface area contributed by atoms with Crippen molar-refractivity contribution in [1.82, 2.24) is 4.98 Å². The van der Waals surface area contributed by atoms with Gasteiger partial charge in [-0.15, -0.1) is 0 Å². The topological polar surface area (TPSA) is 12.9 Å². The molecule has 0 unspecified atom stereocenters. The first kappa shape index (κ1) is 6.84. The van der Waals surface area contributed by atoms with Gasteiger partial charge >= 0.3 is 0 Å². The van der Waals surface area contributed by atoms with Crippen LogP contribution in [0.15, 0.2) is 18.3 Å². The van der Waals surface area contributed by atoms with Gasteiger partial charge in [0.1, 0.15) is 0 Å². The second-order valence-corrected chi connectivity index (χ2v) is 3.19. The highest BCUT2D eigenvalue weighted by Crippen LogP contribution is 2.32. The minimum atomic E-state index is 0.753. The molecule has 0 spiro atoms. The molecule has 0 aromatic carbocycles. The summed E-state index contributed by atoms with van der Waals surface area (Å²) in [5, 5.41) is 0. The minimum Gasteiger partial charge on any atom is -0.254 e. The Hall–Kier alpha value is -0.850. The van der Waals surface area contributed by atoms with Crippen LogP contribution in [0.2, 0.25) is 0 Å². The number of hydrogen-bond acceptors (Lipinski definition) is 1. The molecule has 0 N–H and O–H groups in total. The van der Waals surface area contributed by atoms with Crippen molar-refractivity contribution in [2.45, 2.75) is 31.6 Å². The SMILES string of the molecule is [c]1ncccc1C1CCCC1. The van der Waals surface area contributed by atoms with Gasteiger partial charge in [-0.05, 0) is 30.4 Å². The third kappa shape index (κ3) is 1.42. The average molecular weight is 146 g/mol. The maximum Gasteiger partial charge on any atom is 0.0923 e. The Labute approximate surface area is 67.5 Å². The van der Waals surface area contributed by atoms with E-state index in [9.17, 15) is 0 Å². The van der Waals surface area contributed by atoms with Crippen molar-refractivity contribution >= 4 is 0 Å². The number of rotatable bonds is 1. The Kier molecular flexibility index (Phi) is 1.89. The molecule has 0 saturated heterocycles. The van der Waals surface area contributed by atoms with Gasteiger partial charge in [-0.2, -0.15) is 0 Å². The zero-order chi connectivity index (χ0) is 7.52. The van der Waals surface area contributed by atoms with E-state index in [1.54, 1.807) is 6.20 Å². The summed E-state index contributed by atoms with van der Waals surface area (Å²) < 4.78 is 0. The fourth-order valence-electron chi connectivity index (χ4n) is 1.80. The van der Waals surface area contributed by atoms with Gasteiger partial charge in [-0.25, -0.2) is 0 Å². The lowest BCUT2D eigenvalue weighted by Crippen LogP contribution is -1.91. The van der Waals surface area contributed by atoms with Crippen molar-refractivity contribution in [3.05, 3.63) is 30.1 Å². The van der Waals surface area contributed by atoms with Crippen LogP contribution in [0.4, 0.5) is 0 Å². The van der Waals surface area contributed by atoms with Gasteiger partial charge in [0.15, 0.2) is 0 Å². The molecule has 1 fully saturated rings. The largest absolute Gasteiger partial charge is 0.254 e. The van der Waals surface area contributed by atoms with Crippen LogP contribution in [-0.2, 0) is 0 Å². The quantitative estimate of drug-likeness (QED) is 0.593. The van der Waals surface area contributed by atoms with Crippen LogP contribution in [0.25, 0.3) is 0 Å². The normalized spacial score (nSPS) is 18.9. The Morgan fingerprint density at radius 1 is 1.36 bits per heavy atom. The van der Waals surface area contributed by atoms with Gasteiger partial charge in [-0.1, -0.05) is 18.9 Å². The van der Waals surface area contributed by atoms with Crippen LogP contribution in [-0.4, -0.2) is 4.98 Å². The Morgan fingerprint density at radius 3 is 2.82 bits per heavy atom. The van der Waals surface area contributed by atoms with Gasteiger partial charge in [0.05, 0.1) is 6.20 Å². The van der Waals surface area contributed by atoms with Crippen LogP contribution >= 0.6 is 0 Å². The minimum absolute atomic E-state index is 0.753. The van der Waals surface area contributed by atoms with E-state index in [2.05, 4.69) is 17.2 Å². The molecular formula is C10H12N. The lowest BCUT2D eigenvalue weighted by molar-refractivity contribution is 0.718. The highest BCUT2D eigenvalue weighted by molar-refractivity contribution is 5.14. The summed E-state index contributed by atoms with van der Waals surface area (Å²) in [6.45, 7) is 0. The lowest BCUT2D eigenvalue weighted by atomic mass is 10.00. The standard InChI is InChI=1S/C10H12N/c1-2-5-9(4-1)10-6-3-7-11-8-10/h3,6-7,9H,1-2,4-5H2. The van der Waals surface area contributed by atoms with Crippen LogP contribution in [0, 0.1) is 6.20 Å². The zero-order valence-corrected chi connectivity index (χ0v) is 6.59. The first-order valence-electron chi connectivity index (χ1n) is 4.29. The van der Waals surface area contributed by atoms with Gasteiger partial charge < -0.3 is 0 Å². The first-order chi connectivity index (χ1) is 5.47. The Balaban J connectivity index is 2.16. The molecule has 0 atom stereocenters. The molecule has 1 saturated carbocycles. The number of aromatic nitrogens is 1. The summed E-state index contributed by atoms with van der Waals surface area (Å²) in [4.78, 5) is 4.00. The molecule has 1 heteroatoms. The van der Waals surface area contributed by atoms with Gasteiger partial charge in [-0.3, -0.25) is 4.98 Å². The molecule has 2 rings (SSSR count). The second kappa shape index (κ2) is 3.04. The van der Waals surface area contributed by atoms with E-state index in [0.29, 0.717) is 0 Å². The third-order valence-electron chi connectivity index (χ3n) is 2.43. The third-order valence-corrected chi connectivity index (χ3v) is 2.43. The van der Waals surface area contributed by atoms with Crippen LogP contribution in [0.3, 0.4) is 0 Å². The molecule has 1 heterocycles. The van der Waals surface area contributed by atoms with Gasteiger partial charge in [0.2, 0.25) is 0 Å². The van der Waals surface area contributed by atoms with Gasteiger partial charge in [0, 0.05) is 6.20 Å². The molecule has 0 bridgehead atoms. The molecule has 11 heavy (non-hydrogen) atoms. The predicted molar refractivity (Wildman–Crippen MR) is 44.3 cm³/mol. The summed E-state index contributed by atoms with van der Waals surface area (Å²) >= 11 is 0. The van der Waals surface area contributed by atoms with Crippen molar-refractivity contribution in [3.63, 3.8) is 0 Å². The smallest absolute Gasteiger partial charge is 0.0923 e.